The molecule has 0 radical (unpaired) electrons. The molecule has 0 saturated carbocycles. The second-order valence-electron chi connectivity index (χ2n) is 3.98. The lowest BCUT2D eigenvalue weighted by Gasteiger charge is -2.17. The molecule has 2 heterocycles. The number of nitrogen functional groups attached to an aromatic ring is 1. The summed E-state index contributed by atoms with van der Waals surface area (Å²) >= 11 is 3.86. The first-order chi connectivity index (χ1) is 8.78. The fourth-order valence-corrected chi connectivity index (χ4v) is 1.89. The number of anilines is 1. The molecule has 6 nitrogen and oxygen atoms in total. The highest BCUT2D eigenvalue weighted by Gasteiger charge is 2.60. The van der Waals surface area contributed by atoms with E-state index >= 15 is 0 Å². The predicted octanol–water partition coefficient (Wildman–Crippen LogP) is -0.0227. The van der Waals surface area contributed by atoms with Gasteiger partial charge in [0.15, 0.2) is 6.23 Å². The molecule has 1 fully saturated rings. The van der Waals surface area contributed by atoms with E-state index in [0.717, 1.165) is 6.20 Å². The lowest BCUT2D eigenvalue weighted by Crippen LogP contribution is -2.39. The molecule has 10 heteroatoms. The van der Waals surface area contributed by atoms with E-state index in [1.54, 1.807) is 0 Å². The molecule has 0 aromatic carbocycles. The van der Waals surface area contributed by atoms with Gasteiger partial charge in [0.2, 0.25) is 6.17 Å². The van der Waals surface area contributed by atoms with Gasteiger partial charge in [-0.2, -0.15) is 4.98 Å². The largest absolute Gasteiger partial charge is 0.393 e. The van der Waals surface area contributed by atoms with E-state index < -0.39 is 36.7 Å². The van der Waals surface area contributed by atoms with Crippen LogP contribution >= 0.6 is 12.6 Å². The Bertz CT molecular complexity index is 553. The standard InChI is InChI=1S/C9H10F3N3O3S/c10-5-7(18-4(2-16)9(5,11)12)15-1-3(19)6(13)14-8(15)17/h1,4-5,7,16,19H,2H2,(H2,13,14,17). The van der Waals surface area contributed by atoms with E-state index in [1.807, 2.05) is 0 Å². The number of nitrogens with two attached hydrogens (primary N) is 1. The van der Waals surface area contributed by atoms with E-state index in [4.69, 9.17) is 10.8 Å². The number of ether oxygens (including phenoxy) is 1. The highest BCUT2D eigenvalue weighted by molar-refractivity contribution is 7.80. The quantitative estimate of drug-likeness (QED) is 0.667. The van der Waals surface area contributed by atoms with Crippen molar-refractivity contribution in [3.8, 4) is 0 Å². The maximum absolute atomic E-state index is 13.7. The van der Waals surface area contributed by atoms with Gasteiger partial charge >= 0.3 is 11.6 Å². The number of aliphatic hydroxyl groups is 1. The average Bonchev–Trinajstić information content (AvgIpc) is 2.56. The third-order valence-electron chi connectivity index (χ3n) is 2.75. The van der Waals surface area contributed by atoms with Crippen LogP contribution in [0.4, 0.5) is 19.0 Å². The number of hydrogen-bond acceptors (Lipinski definition) is 6. The molecule has 0 bridgehead atoms. The molecule has 1 aliphatic heterocycles. The second-order valence-corrected chi connectivity index (χ2v) is 4.46. The van der Waals surface area contributed by atoms with Crippen LogP contribution < -0.4 is 11.4 Å². The predicted molar refractivity (Wildman–Crippen MR) is 61.0 cm³/mol. The van der Waals surface area contributed by atoms with Crippen molar-refractivity contribution in [3.05, 3.63) is 16.7 Å². The third kappa shape index (κ3) is 2.19. The van der Waals surface area contributed by atoms with Gasteiger partial charge in [0.05, 0.1) is 11.5 Å². The zero-order valence-corrected chi connectivity index (χ0v) is 10.2. The number of rotatable bonds is 2. The molecule has 0 amide bonds. The molecule has 2 rings (SSSR count). The van der Waals surface area contributed by atoms with Crippen LogP contribution in [0, 0.1) is 0 Å². The molecule has 3 unspecified atom stereocenters. The normalized spacial score (nSPS) is 29.6. The average molecular weight is 297 g/mol. The molecule has 3 N–H and O–H groups in total. The van der Waals surface area contributed by atoms with Crippen molar-refractivity contribution >= 4 is 18.4 Å². The summed E-state index contributed by atoms with van der Waals surface area (Å²) in [7, 11) is 0. The Morgan fingerprint density at radius 1 is 1.63 bits per heavy atom. The Labute approximate surface area is 110 Å². The smallest absolute Gasteiger partial charge is 0.351 e. The Balaban J connectivity index is 2.44. The number of nitrogens with zero attached hydrogens (tertiary/aromatic N) is 2. The number of aliphatic hydroxyl groups excluding tert-OH is 1. The van der Waals surface area contributed by atoms with Crippen LogP contribution in [0.3, 0.4) is 0 Å². The highest BCUT2D eigenvalue weighted by Crippen LogP contribution is 2.42. The van der Waals surface area contributed by atoms with Gasteiger partial charge in [-0.25, -0.2) is 18.0 Å². The molecule has 1 aromatic heterocycles. The number of halogens is 3. The number of aromatic nitrogens is 2. The fourth-order valence-electron chi connectivity index (χ4n) is 1.72. The Morgan fingerprint density at radius 3 is 2.79 bits per heavy atom. The maximum Gasteiger partial charge on any atom is 0.351 e. The Kier molecular flexibility index (Phi) is 3.49. The van der Waals surface area contributed by atoms with Crippen molar-refractivity contribution in [2.75, 3.05) is 12.3 Å². The van der Waals surface area contributed by atoms with Crippen LogP contribution in [0.5, 0.6) is 0 Å². The minimum Gasteiger partial charge on any atom is -0.393 e. The summed E-state index contributed by atoms with van der Waals surface area (Å²) in [6.07, 6.45) is -5.75. The van der Waals surface area contributed by atoms with E-state index in [9.17, 15) is 18.0 Å². The van der Waals surface area contributed by atoms with Crippen molar-refractivity contribution in [1.82, 2.24) is 9.55 Å². The molecule has 1 aromatic rings. The van der Waals surface area contributed by atoms with Crippen molar-refractivity contribution < 1.29 is 23.0 Å². The molecule has 19 heavy (non-hydrogen) atoms. The van der Waals surface area contributed by atoms with Crippen LogP contribution in [0.25, 0.3) is 0 Å². The van der Waals surface area contributed by atoms with Crippen molar-refractivity contribution in [2.45, 2.75) is 29.3 Å². The summed E-state index contributed by atoms with van der Waals surface area (Å²) in [6.45, 7) is -1.07. The number of thiol groups is 1. The van der Waals surface area contributed by atoms with Crippen LogP contribution in [-0.2, 0) is 4.74 Å². The second kappa shape index (κ2) is 4.69. The van der Waals surface area contributed by atoms with E-state index in [0.29, 0.717) is 4.57 Å². The fraction of sp³-hybridized carbons (Fsp3) is 0.556. The lowest BCUT2D eigenvalue weighted by atomic mass is 10.1. The molecule has 106 valence electrons. The van der Waals surface area contributed by atoms with Gasteiger partial charge in [0, 0.05) is 6.20 Å². The Hall–Kier alpha value is -1.26. The van der Waals surface area contributed by atoms with Crippen LogP contribution in [0.1, 0.15) is 6.23 Å². The molecular formula is C9H10F3N3O3S. The summed E-state index contributed by atoms with van der Waals surface area (Å²) in [4.78, 5) is 14.8. The first-order valence-electron chi connectivity index (χ1n) is 5.15. The summed E-state index contributed by atoms with van der Waals surface area (Å²) in [5.74, 6) is -4.11. The first kappa shape index (κ1) is 14.2. The van der Waals surface area contributed by atoms with Crippen LogP contribution in [0.15, 0.2) is 15.9 Å². The maximum atomic E-state index is 13.7. The Morgan fingerprint density at radius 2 is 2.26 bits per heavy atom. The molecule has 0 spiro atoms. The van der Waals surface area contributed by atoms with Crippen molar-refractivity contribution in [3.63, 3.8) is 0 Å². The van der Waals surface area contributed by atoms with E-state index in [2.05, 4.69) is 22.3 Å². The van der Waals surface area contributed by atoms with Crippen LogP contribution in [-0.4, -0.2) is 39.5 Å². The van der Waals surface area contributed by atoms with Crippen molar-refractivity contribution in [2.24, 2.45) is 0 Å². The summed E-state index contributed by atoms with van der Waals surface area (Å²) in [5.41, 5.74) is 4.26. The van der Waals surface area contributed by atoms with Crippen molar-refractivity contribution in [1.29, 1.82) is 0 Å². The van der Waals surface area contributed by atoms with Gasteiger partial charge < -0.3 is 15.6 Å². The highest BCUT2D eigenvalue weighted by atomic mass is 32.1. The lowest BCUT2D eigenvalue weighted by molar-refractivity contribution is -0.111. The first-order valence-corrected chi connectivity index (χ1v) is 5.59. The minimum absolute atomic E-state index is 0.0196. The van der Waals surface area contributed by atoms with Gasteiger partial charge in [-0.1, -0.05) is 0 Å². The van der Waals surface area contributed by atoms with Gasteiger partial charge in [-0.15, -0.1) is 12.6 Å². The zero-order valence-electron chi connectivity index (χ0n) is 9.33. The zero-order chi connectivity index (χ0) is 14.4. The summed E-state index contributed by atoms with van der Waals surface area (Å²) in [6, 6.07) is 0. The van der Waals surface area contributed by atoms with Gasteiger partial charge in [0.1, 0.15) is 11.9 Å². The van der Waals surface area contributed by atoms with Crippen LogP contribution in [0.2, 0.25) is 0 Å². The van der Waals surface area contributed by atoms with Gasteiger partial charge in [0.25, 0.3) is 0 Å². The SMILES string of the molecule is Nc1nc(=O)n(C2OC(CO)C(F)(F)C2F)cc1S. The van der Waals surface area contributed by atoms with E-state index in [-0.39, 0.29) is 10.7 Å². The van der Waals surface area contributed by atoms with Gasteiger partial charge in [-0.05, 0) is 0 Å². The molecular weight excluding hydrogens is 287 g/mol. The molecule has 1 saturated heterocycles. The monoisotopic (exact) mass is 297 g/mol. The molecule has 3 atom stereocenters. The summed E-state index contributed by atoms with van der Waals surface area (Å²) < 4.78 is 45.7. The van der Waals surface area contributed by atoms with E-state index in [1.165, 1.54) is 0 Å². The number of hydrogen-bond donors (Lipinski definition) is 3. The number of alkyl halides is 3. The third-order valence-corrected chi connectivity index (χ3v) is 3.10. The van der Waals surface area contributed by atoms with Gasteiger partial charge in [-0.3, -0.25) is 4.57 Å². The minimum atomic E-state index is -3.91. The summed E-state index contributed by atoms with van der Waals surface area (Å²) in [5, 5.41) is 8.74. The molecule has 1 aliphatic rings. The topological polar surface area (TPSA) is 90.4 Å². The molecule has 0 aliphatic carbocycles.